The van der Waals surface area contributed by atoms with E-state index in [1.54, 1.807) is 0 Å². The third-order valence-electron chi connectivity index (χ3n) is 6.95. The molecular weight excluding hydrogens is 438 g/mol. The number of aromatic nitrogens is 3. The zero-order valence-electron chi connectivity index (χ0n) is 20.3. The molecule has 1 fully saturated rings. The maximum atomic E-state index is 12.1. The fourth-order valence-electron chi connectivity index (χ4n) is 5.13. The van der Waals surface area contributed by atoms with Gasteiger partial charge in [-0.05, 0) is 56.0 Å². The van der Waals surface area contributed by atoms with Crippen molar-refractivity contribution in [3.05, 3.63) is 89.0 Å². The lowest BCUT2D eigenvalue weighted by molar-refractivity contribution is -0.143. The molecule has 6 nitrogen and oxygen atoms in total. The monoisotopic (exact) mass is 469 g/mol. The maximum Gasteiger partial charge on any atom is 0.307 e. The molecule has 1 aliphatic carbocycles. The summed E-state index contributed by atoms with van der Waals surface area (Å²) in [6.07, 6.45) is 5.37. The van der Waals surface area contributed by atoms with E-state index in [0.717, 1.165) is 53.1 Å². The molecule has 1 aliphatic rings. The summed E-state index contributed by atoms with van der Waals surface area (Å²) in [5.41, 5.74) is 6.18. The fourth-order valence-corrected chi connectivity index (χ4v) is 5.13. The Bertz CT molecular complexity index is 1340. The van der Waals surface area contributed by atoms with Crippen molar-refractivity contribution in [1.82, 2.24) is 14.5 Å². The molecule has 2 aromatic carbocycles. The van der Waals surface area contributed by atoms with Crippen LogP contribution in [0.2, 0.25) is 0 Å². The summed E-state index contributed by atoms with van der Waals surface area (Å²) < 4.78 is 8.28. The zero-order chi connectivity index (χ0) is 24.4. The van der Waals surface area contributed by atoms with Gasteiger partial charge in [-0.3, -0.25) is 9.78 Å². The van der Waals surface area contributed by atoms with Crippen molar-refractivity contribution in [3.63, 3.8) is 0 Å². The Hall–Kier alpha value is -3.67. The largest absolute Gasteiger partial charge is 0.487 e. The van der Waals surface area contributed by atoms with E-state index in [0.29, 0.717) is 19.6 Å². The Morgan fingerprint density at radius 1 is 1.06 bits per heavy atom. The number of benzene rings is 2. The van der Waals surface area contributed by atoms with Gasteiger partial charge >= 0.3 is 5.97 Å². The second kappa shape index (κ2) is 9.90. The summed E-state index contributed by atoms with van der Waals surface area (Å²) in [5, 5.41) is 9.94. The number of fused-ring (bicyclic) bond motifs is 1. The van der Waals surface area contributed by atoms with Crippen LogP contribution in [0.1, 0.15) is 59.8 Å². The molecule has 2 heterocycles. The third-order valence-corrected chi connectivity index (χ3v) is 6.95. The quantitative estimate of drug-likeness (QED) is 0.357. The van der Waals surface area contributed by atoms with Crippen LogP contribution >= 0.6 is 0 Å². The molecule has 2 aromatic heterocycles. The van der Waals surface area contributed by atoms with E-state index in [-0.39, 0.29) is 5.92 Å². The minimum atomic E-state index is -0.724. The van der Waals surface area contributed by atoms with Gasteiger partial charge in [0.25, 0.3) is 0 Å². The molecule has 6 heteroatoms. The fraction of sp³-hybridized carbons (Fsp3) is 0.345. The second-order valence-electron chi connectivity index (χ2n) is 9.65. The molecule has 0 unspecified atom stereocenters. The maximum absolute atomic E-state index is 12.1. The molecule has 180 valence electrons. The summed E-state index contributed by atoms with van der Waals surface area (Å²) in [7, 11) is 0. The molecule has 5 rings (SSSR count). The number of rotatable bonds is 7. The number of nitrogens with zero attached hydrogens (tertiary/aromatic N) is 3. The molecule has 35 heavy (non-hydrogen) atoms. The molecule has 1 N–H and O–H groups in total. The van der Waals surface area contributed by atoms with Crippen LogP contribution in [0.15, 0.2) is 60.8 Å². The molecule has 0 spiro atoms. The summed E-state index contributed by atoms with van der Waals surface area (Å²) in [6, 6.07) is 18.4. The van der Waals surface area contributed by atoms with Gasteiger partial charge in [0.05, 0.1) is 22.6 Å². The van der Waals surface area contributed by atoms with Gasteiger partial charge in [-0.2, -0.15) is 0 Å². The van der Waals surface area contributed by atoms with Crippen LogP contribution in [-0.4, -0.2) is 25.6 Å². The van der Waals surface area contributed by atoms with E-state index in [4.69, 9.17) is 9.72 Å². The van der Waals surface area contributed by atoms with Crippen LogP contribution < -0.4 is 4.74 Å². The zero-order valence-corrected chi connectivity index (χ0v) is 20.3. The average molecular weight is 470 g/mol. The smallest absolute Gasteiger partial charge is 0.307 e. The highest BCUT2D eigenvalue weighted by Crippen LogP contribution is 2.39. The number of aryl methyl sites for hydroxylation is 2. The highest BCUT2D eigenvalue weighted by atomic mass is 16.5. The van der Waals surface area contributed by atoms with Gasteiger partial charge in [0.15, 0.2) is 0 Å². The molecule has 0 radical (unpaired) electrons. The van der Waals surface area contributed by atoms with Crippen molar-refractivity contribution in [2.75, 3.05) is 0 Å². The Labute approximate surface area is 205 Å². The number of hydrogen-bond donors (Lipinski definition) is 1. The van der Waals surface area contributed by atoms with Gasteiger partial charge in [0, 0.05) is 24.7 Å². The first kappa shape index (κ1) is 23.1. The number of carboxylic acids is 1. The standard InChI is InChI=1S/C29H31N3O3/c1-19-6-5-7-21(14-19)17-32-27-15-23(35-18-22-11-10-20(2)16-30-22)12-13-26(27)31-28(32)24-8-3-4-9-25(24)29(33)34/h5-7,10-16,24-25H,3-4,8-9,17-18H2,1-2H3,(H,33,34)/t24-,25-/m0/s1. The molecule has 1 saturated carbocycles. The van der Waals surface area contributed by atoms with Crippen LogP contribution in [0.3, 0.4) is 0 Å². The second-order valence-corrected chi connectivity index (χ2v) is 9.65. The highest BCUT2D eigenvalue weighted by Gasteiger charge is 2.35. The van der Waals surface area contributed by atoms with Crippen LogP contribution in [-0.2, 0) is 17.9 Å². The number of ether oxygens (including phenoxy) is 1. The molecule has 0 saturated heterocycles. The Kier molecular flexibility index (Phi) is 6.53. The van der Waals surface area contributed by atoms with Gasteiger partial charge < -0.3 is 14.4 Å². The van der Waals surface area contributed by atoms with Crippen molar-refractivity contribution in [1.29, 1.82) is 0 Å². The molecule has 0 bridgehead atoms. The van der Waals surface area contributed by atoms with Crippen molar-refractivity contribution < 1.29 is 14.6 Å². The highest BCUT2D eigenvalue weighted by molar-refractivity contribution is 5.79. The van der Waals surface area contributed by atoms with Gasteiger partial charge in [-0.15, -0.1) is 0 Å². The van der Waals surface area contributed by atoms with Crippen LogP contribution in [0.5, 0.6) is 5.75 Å². The lowest BCUT2D eigenvalue weighted by atomic mass is 9.78. The van der Waals surface area contributed by atoms with Gasteiger partial charge in [-0.25, -0.2) is 4.98 Å². The van der Waals surface area contributed by atoms with E-state index < -0.39 is 11.9 Å². The lowest BCUT2D eigenvalue weighted by Gasteiger charge is -2.28. The predicted molar refractivity (Wildman–Crippen MR) is 136 cm³/mol. The summed E-state index contributed by atoms with van der Waals surface area (Å²) in [6.45, 7) is 5.12. The van der Waals surface area contributed by atoms with Crippen molar-refractivity contribution in [2.45, 2.75) is 58.6 Å². The molecule has 4 aromatic rings. The first-order chi connectivity index (χ1) is 17.0. The third kappa shape index (κ3) is 5.06. The van der Waals surface area contributed by atoms with Gasteiger partial charge in [0.2, 0.25) is 0 Å². The van der Waals surface area contributed by atoms with Crippen LogP contribution in [0, 0.1) is 19.8 Å². The predicted octanol–water partition coefficient (Wildman–Crippen LogP) is 6.03. The number of hydrogen-bond acceptors (Lipinski definition) is 4. The van der Waals surface area contributed by atoms with Gasteiger partial charge in [0.1, 0.15) is 18.2 Å². The minimum Gasteiger partial charge on any atom is -0.487 e. The summed E-state index contributed by atoms with van der Waals surface area (Å²) in [4.78, 5) is 21.5. The molecule has 2 atom stereocenters. The summed E-state index contributed by atoms with van der Waals surface area (Å²) >= 11 is 0. The van der Waals surface area contributed by atoms with Crippen LogP contribution in [0.25, 0.3) is 11.0 Å². The minimum absolute atomic E-state index is 0.0976. The Morgan fingerprint density at radius 2 is 1.91 bits per heavy atom. The number of aliphatic carboxylic acids is 1. The summed E-state index contributed by atoms with van der Waals surface area (Å²) in [5.74, 6) is 0.388. The van der Waals surface area contributed by atoms with E-state index in [2.05, 4.69) is 40.7 Å². The van der Waals surface area contributed by atoms with E-state index in [1.165, 1.54) is 11.1 Å². The number of pyridine rings is 1. The topological polar surface area (TPSA) is 77.2 Å². The van der Waals surface area contributed by atoms with E-state index in [9.17, 15) is 9.90 Å². The number of carbonyl (C=O) groups is 1. The molecule has 0 aliphatic heterocycles. The van der Waals surface area contributed by atoms with E-state index in [1.807, 2.05) is 43.5 Å². The van der Waals surface area contributed by atoms with E-state index >= 15 is 0 Å². The average Bonchev–Trinajstić information content (AvgIpc) is 3.21. The van der Waals surface area contributed by atoms with Gasteiger partial charge in [-0.1, -0.05) is 48.7 Å². The normalized spacial score (nSPS) is 18.0. The number of carboxylic acid groups (broad SMARTS) is 1. The first-order valence-corrected chi connectivity index (χ1v) is 12.3. The Morgan fingerprint density at radius 3 is 2.69 bits per heavy atom. The Balaban J connectivity index is 1.53. The SMILES string of the molecule is Cc1ccc(COc2ccc3nc([C@H]4CCCC[C@@H]4C(=O)O)n(Cc4cccc(C)c4)c3c2)nc1. The number of imidazole rings is 1. The van der Waals surface area contributed by atoms with Crippen molar-refractivity contribution >= 4 is 17.0 Å². The van der Waals surface area contributed by atoms with Crippen molar-refractivity contribution in [3.8, 4) is 5.75 Å². The lowest BCUT2D eigenvalue weighted by Crippen LogP contribution is -2.27. The van der Waals surface area contributed by atoms with Crippen LogP contribution in [0.4, 0.5) is 0 Å². The first-order valence-electron chi connectivity index (χ1n) is 12.3. The molecular formula is C29H31N3O3. The van der Waals surface area contributed by atoms with Crippen molar-refractivity contribution in [2.24, 2.45) is 5.92 Å². The molecule has 0 amide bonds.